The summed E-state index contributed by atoms with van der Waals surface area (Å²) in [6, 6.07) is 30.5. The lowest BCUT2D eigenvalue weighted by molar-refractivity contribution is -0.141. The van der Waals surface area contributed by atoms with Crippen LogP contribution in [0.2, 0.25) is 0 Å². The van der Waals surface area contributed by atoms with Gasteiger partial charge in [0.05, 0.1) is 6.04 Å². The van der Waals surface area contributed by atoms with Gasteiger partial charge in [-0.25, -0.2) is 14.4 Å². The predicted octanol–water partition coefficient (Wildman–Crippen LogP) is 6.00. The van der Waals surface area contributed by atoms with Crippen LogP contribution < -0.4 is 5.32 Å². The van der Waals surface area contributed by atoms with Gasteiger partial charge in [-0.1, -0.05) is 97.1 Å². The lowest BCUT2D eigenvalue weighted by atomic mass is 9.98. The summed E-state index contributed by atoms with van der Waals surface area (Å²) >= 11 is 0. The molecule has 1 fully saturated rings. The summed E-state index contributed by atoms with van der Waals surface area (Å²) in [4.78, 5) is 39.3. The van der Waals surface area contributed by atoms with E-state index < -0.39 is 30.2 Å². The van der Waals surface area contributed by atoms with Crippen molar-refractivity contribution in [2.45, 2.75) is 30.3 Å². The van der Waals surface area contributed by atoms with Crippen LogP contribution in [0.4, 0.5) is 9.59 Å². The van der Waals surface area contributed by atoms with Gasteiger partial charge in [-0.05, 0) is 44.5 Å². The fourth-order valence-corrected chi connectivity index (χ4v) is 6.86. The van der Waals surface area contributed by atoms with Gasteiger partial charge >= 0.3 is 18.2 Å². The molecule has 0 bridgehead atoms. The van der Waals surface area contributed by atoms with Crippen LogP contribution in [0.1, 0.15) is 40.5 Å². The first-order valence-electron chi connectivity index (χ1n) is 14.5. The van der Waals surface area contributed by atoms with Crippen molar-refractivity contribution in [3.8, 4) is 22.3 Å². The highest BCUT2D eigenvalue weighted by Crippen LogP contribution is 2.45. The number of nitrogens with zero attached hydrogens (tertiary/aromatic N) is 1. The van der Waals surface area contributed by atoms with E-state index in [1.54, 1.807) is 0 Å². The van der Waals surface area contributed by atoms with E-state index in [0.29, 0.717) is 0 Å². The van der Waals surface area contributed by atoms with Crippen LogP contribution in [0.25, 0.3) is 22.3 Å². The maximum absolute atomic E-state index is 13.2. The molecule has 0 aromatic heterocycles. The molecule has 7 rings (SSSR count). The molecule has 2 N–H and O–H groups in total. The molecule has 8 heteroatoms. The molecule has 1 heterocycles. The predicted molar refractivity (Wildman–Crippen MR) is 160 cm³/mol. The minimum Gasteiger partial charge on any atom is -0.480 e. The van der Waals surface area contributed by atoms with Crippen molar-refractivity contribution in [1.29, 1.82) is 0 Å². The highest BCUT2D eigenvalue weighted by molar-refractivity contribution is 5.82. The van der Waals surface area contributed by atoms with Gasteiger partial charge in [0.15, 0.2) is 0 Å². The number of aliphatic carboxylic acids is 1. The Bertz CT molecular complexity index is 1640. The van der Waals surface area contributed by atoms with E-state index in [4.69, 9.17) is 9.47 Å². The van der Waals surface area contributed by atoms with E-state index in [-0.39, 0.29) is 38.0 Å². The van der Waals surface area contributed by atoms with E-state index in [1.807, 2.05) is 72.8 Å². The summed E-state index contributed by atoms with van der Waals surface area (Å²) in [5, 5.41) is 12.6. The zero-order valence-corrected chi connectivity index (χ0v) is 23.3. The normalized spacial score (nSPS) is 18.4. The van der Waals surface area contributed by atoms with E-state index in [2.05, 4.69) is 29.6 Å². The second-order valence-electron chi connectivity index (χ2n) is 11.2. The molecule has 2 atom stereocenters. The quantitative estimate of drug-likeness (QED) is 0.293. The number of rotatable bonds is 6. The zero-order chi connectivity index (χ0) is 29.5. The van der Waals surface area contributed by atoms with Crippen LogP contribution in [-0.4, -0.2) is 60.0 Å². The molecule has 0 spiro atoms. The molecule has 3 aliphatic rings. The van der Waals surface area contributed by atoms with Crippen LogP contribution in [-0.2, 0) is 14.3 Å². The molecule has 4 aromatic carbocycles. The number of amides is 2. The topological polar surface area (TPSA) is 105 Å². The monoisotopic (exact) mass is 574 g/mol. The third-order valence-electron chi connectivity index (χ3n) is 8.82. The van der Waals surface area contributed by atoms with E-state index >= 15 is 0 Å². The van der Waals surface area contributed by atoms with Gasteiger partial charge in [0.2, 0.25) is 0 Å². The van der Waals surface area contributed by atoms with Gasteiger partial charge in [-0.2, -0.15) is 0 Å². The number of carboxylic acid groups (broad SMARTS) is 1. The third kappa shape index (κ3) is 4.78. The third-order valence-corrected chi connectivity index (χ3v) is 8.82. The Morgan fingerprint density at radius 3 is 1.53 bits per heavy atom. The molecular weight excluding hydrogens is 544 g/mol. The van der Waals surface area contributed by atoms with Crippen molar-refractivity contribution >= 4 is 18.2 Å². The number of alkyl carbamates (subject to hydrolysis) is 1. The van der Waals surface area contributed by atoms with Crippen molar-refractivity contribution in [3.63, 3.8) is 0 Å². The summed E-state index contributed by atoms with van der Waals surface area (Å²) in [7, 11) is 0. The van der Waals surface area contributed by atoms with Crippen LogP contribution >= 0.6 is 0 Å². The summed E-state index contributed by atoms with van der Waals surface area (Å²) < 4.78 is 11.4. The Hall–Kier alpha value is -5.11. The lowest BCUT2D eigenvalue weighted by Gasteiger charge is -2.22. The summed E-state index contributed by atoms with van der Waals surface area (Å²) in [6.07, 6.45) is -1.31. The Morgan fingerprint density at radius 1 is 0.674 bits per heavy atom. The first-order chi connectivity index (χ1) is 21.0. The minimum atomic E-state index is -1.15. The summed E-state index contributed by atoms with van der Waals surface area (Å²) in [6.45, 7) is 0.239. The SMILES string of the molecule is O=C(N[C@@H]1C[C@@H](C(=O)O)N(C(=O)OCC2c3ccccc3-c3ccccc32)C1)OCC1c2ccccc2-c2ccccc21. The Balaban J connectivity index is 0.985. The van der Waals surface area contributed by atoms with Crippen molar-refractivity contribution in [1.82, 2.24) is 10.2 Å². The average molecular weight is 575 g/mol. The van der Waals surface area contributed by atoms with Gasteiger partial charge in [-0.3, -0.25) is 4.90 Å². The van der Waals surface area contributed by atoms with Gasteiger partial charge in [0, 0.05) is 24.8 Å². The highest BCUT2D eigenvalue weighted by atomic mass is 16.6. The number of hydrogen-bond acceptors (Lipinski definition) is 5. The summed E-state index contributed by atoms with van der Waals surface area (Å²) in [5.74, 6) is -1.38. The van der Waals surface area contributed by atoms with Gasteiger partial charge < -0.3 is 19.9 Å². The van der Waals surface area contributed by atoms with Crippen LogP contribution in [0, 0.1) is 0 Å². The minimum absolute atomic E-state index is 0.0117. The van der Waals surface area contributed by atoms with Crippen molar-refractivity contribution in [3.05, 3.63) is 119 Å². The molecular formula is C35H30N2O6. The molecule has 1 aliphatic heterocycles. The highest BCUT2D eigenvalue weighted by Gasteiger charge is 2.42. The Labute approximate surface area is 248 Å². The average Bonchev–Trinajstić information content (AvgIpc) is 3.69. The van der Waals surface area contributed by atoms with Crippen LogP contribution in [0.15, 0.2) is 97.1 Å². The number of hydrogen-bond donors (Lipinski definition) is 2. The maximum atomic E-state index is 13.2. The fourth-order valence-electron chi connectivity index (χ4n) is 6.86. The van der Waals surface area contributed by atoms with E-state index in [0.717, 1.165) is 44.5 Å². The smallest absolute Gasteiger partial charge is 0.410 e. The maximum Gasteiger partial charge on any atom is 0.410 e. The molecule has 8 nitrogen and oxygen atoms in total. The first-order valence-corrected chi connectivity index (χ1v) is 14.5. The zero-order valence-electron chi connectivity index (χ0n) is 23.3. The van der Waals surface area contributed by atoms with Gasteiger partial charge in [0.25, 0.3) is 0 Å². The fraction of sp³-hybridized carbons (Fsp3) is 0.229. The molecule has 0 radical (unpaired) electrons. The molecule has 216 valence electrons. The number of carbonyl (C=O) groups excluding carboxylic acids is 2. The number of carboxylic acids is 1. The number of nitrogens with one attached hydrogen (secondary N) is 1. The second kappa shape index (κ2) is 10.9. The molecule has 0 saturated carbocycles. The number of benzene rings is 4. The second-order valence-corrected chi connectivity index (χ2v) is 11.2. The molecule has 0 unspecified atom stereocenters. The van der Waals surface area contributed by atoms with Crippen LogP contribution in [0.3, 0.4) is 0 Å². The van der Waals surface area contributed by atoms with Crippen molar-refractivity contribution in [2.75, 3.05) is 19.8 Å². The molecule has 4 aromatic rings. The molecule has 43 heavy (non-hydrogen) atoms. The Morgan fingerprint density at radius 2 is 1.09 bits per heavy atom. The Kier molecular flexibility index (Phi) is 6.81. The lowest BCUT2D eigenvalue weighted by Crippen LogP contribution is -2.42. The molecule has 2 amide bonds. The number of fused-ring (bicyclic) bond motifs is 6. The van der Waals surface area contributed by atoms with Gasteiger partial charge in [0.1, 0.15) is 19.3 Å². The van der Waals surface area contributed by atoms with Gasteiger partial charge in [-0.15, -0.1) is 0 Å². The number of carbonyl (C=O) groups is 3. The standard InChI is InChI=1S/C35H30N2O6/c38-33(39)32-17-21(36-34(40)42-19-30-26-13-5-1-9-22(26)23-10-2-6-14-27(23)30)18-37(32)35(41)43-20-31-28-15-7-3-11-24(28)25-12-4-8-16-29(25)31/h1-16,21,30-32H,17-20H2,(H,36,40)(H,38,39)/t21-,32+/m1/s1. The largest absolute Gasteiger partial charge is 0.480 e. The van der Waals surface area contributed by atoms with Crippen molar-refractivity contribution in [2.24, 2.45) is 0 Å². The summed E-state index contributed by atoms with van der Waals surface area (Å²) in [5.41, 5.74) is 8.82. The number of ether oxygens (including phenoxy) is 2. The molecule has 2 aliphatic carbocycles. The van der Waals surface area contributed by atoms with Crippen molar-refractivity contribution < 1.29 is 29.0 Å². The van der Waals surface area contributed by atoms with E-state index in [1.165, 1.54) is 4.90 Å². The molecule has 1 saturated heterocycles. The first kappa shape index (κ1) is 26.8. The number of likely N-dealkylation sites (tertiary alicyclic amines) is 1. The van der Waals surface area contributed by atoms with Crippen LogP contribution in [0.5, 0.6) is 0 Å². The van der Waals surface area contributed by atoms with E-state index in [9.17, 15) is 19.5 Å².